The van der Waals surface area contributed by atoms with Crippen LogP contribution in [0.1, 0.15) is 12.6 Å². The molecule has 7 nitrogen and oxygen atoms in total. The minimum Gasteiger partial charge on any atom is -0.258 e. The largest absolute Gasteiger partial charge is 0.269 e. The first kappa shape index (κ1) is 14.5. The zero-order valence-electron chi connectivity index (χ0n) is 12.1. The summed E-state index contributed by atoms with van der Waals surface area (Å²) in [5, 5.41) is 15.8. The Labute approximate surface area is 130 Å². The lowest BCUT2D eigenvalue weighted by Crippen LogP contribution is -2.02. The molecule has 0 aliphatic heterocycles. The molecule has 8 heteroatoms. The molecule has 0 spiro atoms. The Bertz CT molecular complexity index is 844. The predicted octanol–water partition coefficient (Wildman–Crippen LogP) is 3.12. The summed E-state index contributed by atoms with van der Waals surface area (Å²) in [6.07, 6.45) is 0. The molecule has 112 valence electrons. The van der Waals surface area contributed by atoms with E-state index in [2.05, 4.69) is 15.1 Å². The summed E-state index contributed by atoms with van der Waals surface area (Å²) in [5.74, 6) is 1.49. The molecule has 2 heterocycles. The van der Waals surface area contributed by atoms with Gasteiger partial charge in [-0.1, -0.05) is 18.7 Å². The summed E-state index contributed by atoms with van der Waals surface area (Å²) in [4.78, 5) is 19.3. The highest BCUT2D eigenvalue weighted by molar-refractivity contribution is 7.99. The number of aryl methyl sites for hydroxylation is 1. The number of thioether (sulfide) groups is 1. The maximum absolute atomic E-state index is 10.8. The molecule has 1 aromatic carbocycles. The van der Waals surface area contributed by atoms with Crippen LogP contribution in [0, 0.1) is 17.0 Å². The second-order valence-electron chi connectivity index (χ2n) is 4.62. The Morgan fingerprint density at radius 3 is 2.64 bits per heavy atom. The Balaban J connectivity index is 2.17. The van der Waals surface area contributed by atoms with Crippen molar-refractivity contribution in [3.8, 4) is 11.4 Å². The molecule has 0 aliphatic rings. The lowest BCUT2D eigenvalue weighted by Gasteiger charge is -2.06. The van der Waals surface area contributed by atoms with Gasteiger partial charge >= 0.3 is 0 Å². The van der Waals surface area contributed by atoms with Gasteiger partial charge < -0.3 is 0 Å². The van der Waals surface area contributed by atoms with E-state index in [0.29, 0.717) is 11.0 Å². The molecule has 0 bridgehead atoms. The van der Waals surface area contributed by atoms with Crippen molar-refractivity contribution in [2.24, 2.45) is 0 Å². The number of hydrogen-bond donors (Lipinski definition) is 0. The normalized spacial score (nSPS) is 11.0. The lowest BCUT2D eigenvalue weighted by molar-refractivity contribution is -0.384. The fourth-order valence-corrected chi connectivity index (χ4v) is 2.66. The zero-order chi connectivity index (χ0) is 15.7. The van der Waals surface area contributed by atoms with Crippen LogP contribution in [-0.2, 0) is 0 Å². The Kier molecular flexibility index (Phi) is 3.76. The predicted molar refractivity (Wildman–Crippen MR) is 84.0 cm³/mol. The average Bonchev–Trinajstić information content (AvgIpc) is 2.87. The standard InChI is InChI=1S/C14H13N5O2S/c1-3-22-14-15-12-8-9(2)17-18(12)13(16-14)10-4-6-11(7-5-10)19(20)21/h4-8H,3H2,1-2H3. The minimum absolute atomic E-state index is 0.0499. The molecular weight excluding hydrogens is 302 g/mol. The molecule has 22 heavy (non-hydrogen) atoms. The van der Waals surface area contributed by atoms with Gasteiger partial charge in [-0.3, -0.25) is 10.1 Å². The van der Waals surface area contributed by atoms with Gasteiger partial charge in [0, 0.05) is 23.8 Å². The maximum Gasteiger partial charge on any atom is 0.269 e. The number of nitrogens with zero attached hydrogens (tertiary/aromatic N) is 5. The number of non-ortho nitro benzene ring substituents is 1. The molecule has 0 saturated heterocycles. The van der Waals surface area contributed by atoms with Crippen molar-refractivity contribution in [1.29, 1.82) is 0 Å². The van der Waals surface area contributed by atoms with Gasteiger partial charge in [-0.2, -0.15) is 9.61 Å². The Morgan fingerprint density at radius 1 is 1.27 bits per heavy atom. The Morgan fingerprint density at radius 2 is 2.00 bits per heavy atom. The van der Waals surface area contributed by atoms with E-state index in [1.165, 1.54) is 12.1 Å². The number of fused-ring (bicyclic) bond motifs is 1. The molecule has 2 aromatic heterocycles. The number of rotatable bonds is 4. The molecule has 0 aliphatic carbocycles. The van der Waals surface area contributed by atoms with Gasteiger partial charge in [-0.05, 0) is 24.8 Å². The van der Waals surface area contributed by atoms with Crippen LogP contribution < -0.4 is 0 Å². The highest BCUT2D eigenvalue weighted by Crippen LogP contribution is 2.24. The zero-order valence-corrected chi connectivity index (χ0v) is 12.9. The number of nitro benzene ring substituents is 1. The maximum atomic E-state index is 10.8. The number of aromatic nitrogens is 4. The smallest absolute Gasteiger partial charge is 0.258 e. The minimum atomic E-state index is -0.421. The molecule has 0 fully saturated rings. The topological polar surface area (TPSA) is 86.2 Å². The van der Waals surface area contributed by atoms with Crippen LogP contribution in [-0.4, -0.2) is 30.3 Å². The summed E-state index contributed by atoms with van der Waals surface area (Å²) in [6.45, 7) is 3.92. The highest BCUT2D eigenvalue weighted by atomic mass is 32.2. The van der Waals surface area contributed by atoms with Gasteiger partial charge in [0.2, 0.25) is 0 Å². The van der Waals surface area contributed by atoms with Gasteiger partial charge in [0.15, 0.2) is 16.6 Å². The van der Waals surface area contributed by atoms with Crippen molar-refractivity contribution in [3.05, 3.63) is 46.1 Å². The van der Waals surface area contributed by atoms with Crippen molar-refractivity contribution in [2.45, 2.75) is 19.0 Å². The van der Waals surface area contributed by atoms with Gasteiger partial charge in [0.1, 0.15) is 0 Å². The van der Waals surface area contributed by atoms with Gasteiger partial charge in [-0.25, -0.2) is 9.97 Å². The Hall–Kier alpha value is -2.48. The monoisotopic (exact) mass is 315 g/mol. The van der Waals surface area contributed by atoms with Crippen LogP contribution in [0.5, 0.6) is 0 Å². The van der Waals surface area contributed by atoms with E-state index in [9.17, 15) is 10.1 Å². The van der Waals surface area contributed by atoms with Crippen molar-refractivity contribution in [1.82, 2.24) is 19.6 Å². The fourth-order valence-electron chi connectivity index (χ4n) is 2.09. The second kappa shape index (κ2) is 5.72. The molecular formula is C14H13N5O2S. The molecule has 0 saturated carbocycles. The van der Waals surface area contributed by atoms with Crippen molar-refractivity contribution < 1.29 is 4.92 Å². The van der Waals surface area contributed by atoms with Crippen molar-refractivity contribution in [2.75, 3.05) is 5.75 Å². The molecule has 0 N–H and O–H groups in total. The third-order valence-corrected chi connectivity index (χ3v) is 3.76. The van der Waals surface area contributed by atoms with E-state index < -0.39 is 4.92 Å². The summed E-state index contributed by atoms with van der Waals surface area (Å²) < 4.78 is 1.66. The first-order valence-corrected chi connectivity index (χ1v) is 7.69. The molecule has 0 amide bonds. The van der Waals surface area contributed by atoms with E-state index in [0.717, 1.165) is 22.7 Å². The van der Waals surface area contributed by atoms with Gasteiger partial charge in [0.05, 0.1) is 10.6 Å². The van der Waals surface area contributed by atoms with Crippen LogP contribution in [0.15, 0.2) is 35.5 Å². The van der Waals surface area contributed by atoms with E-state index >= 15 is 0 Å². The molecule has 0 atom stereocenters. The summed E-state index contributed by atoms with van der Waals surface area (Å²) in [6, 6.07) is 8.17. The lowest BCUT2D eigenvalue weighted by atomic mass is 10.2. The average molecular weight is 315 g/mol. The third-order valence-electron chi connectivity index (χ3n) is 3.03. The van der Waals surface area contributed by atoms with Crippen LogP contribution >= 0.6 is 11.8 Å². The quantitative estimate of drug-likeness (QED) is 0.418. The van der Waals surface area contributed by atoms with Crippen molar-refractivity contribution in [3.63, 3.8) is 0 Å². The fraction of sp³-hybridized carbons (Fsp3) is 0.214. The SMILES string of the molecule is CCSc1nc(-c2ccc([N+](=O)[O-])cc2)n2nc(C)cc2n1. The van der Waals surface area contributed by atoms with E-state index in [-0.39, 0.29) is 5.69 Å². The van der Waals surface area contributed by atoms with E-state index in [4.69, 9.17) is 0 Å². The van der Waals surface area contributed by atoms with Crippen LogP contribution in [0.2, 0.25) is 0 Å². The molecule has 3 aromatic rings. The highest BCUT2D eigenvalue weighted by Gasteiger charge is 2.13. The molecule has 3 rings (SSSR count). The first-order valence-electron chi connectivity index (χ1n) is 6.70. The summed E-state index contributed by atoms with van der Waals surface area (Å²) >= 11 is 1.54. The number of nitro groups is 1. The van der Waals surface area contributed by atoms with E-state index in [1.807, 2.05) is 19.9 Å². The van der Waals surface area contributed by atoms with Gasteiger partial charge in [-0.15, -0.1) is 0 Å². The van der Waals surface area contributed by atoms with Crippen molar-refractivity contribution >= 4 is 23.1 Å². The second-order valence-corrected chi connectivity index (χ2v) is 5.85. The van der Waals surface area contributed by atoms with E-state index in [1.54, 1.807) is 28.4 Å². The molecule has 0 radical (unpaired) electrons. The third kappa shape index (κ3) is 2.64. The van der Waals surface area contributed by atoms with Gasteiger partial charge in [0.25, 0.3) is 5.69 Å². The number of hydrogen-bond acceptors (Lipinski definition) is 6. The first-order chi connectivity index (χ1) is 10.6. The van der Waals surface area contributed by atoms with Crippen LogP contribution in [0.3, 0.4) is 0 Å². The van der Waals surface area contributed by atoms with Crippen LogP contribution in [0.25, 0.3) is 17.0 Å². The molecule has 0 unspecified atom stereocenters. The van der Waals surface area contributed by atoms with Crippen LogP contribution in [0.4, 0.5) is 5.69 Å². The summed E-state index contributed by atoms with van der Waals surface area (Å²) in [5.41, 5.74) is 2.38. The summed E-state index contributed by atoms with van der Waals surface area (Å²) in [7, 11) is 0. The number of benzene rings is 1.